The number of hydrogen-bond acceptors (Lipinski definition) is 4. The molecule has 0 amide bonds. The highest BCUT2D eigenvalue weighted by atomic mass is 15.1. The normalized spacial score (nSPS) is 11.4. The fraction of sp³-hybridized carbons (Fsp3) is 0. The first kappa shape index (κ1) is 37.9. The van der Waals surface area contributed by atoms with Crippen LogP contribution >= 0.6 is 0 Å². The molecule has 0 aliphatic rings. The Bertz CT molecular complexity index is 3710. The van der Waals surface area contributed by atoms with Crippen LogP contribution in [0.5, 0.6) is 0 Å². The highest BCUT2D eigenvalue weighted by molar-refractivity contribution is 6.14. The van der Waals surface area contributed by atoms with E-state index in [4.69, 9.17) is 19.9 Å². The van der Waals surface area contributed by atoms with Crippen molar-refractivity contribution >= 4 is 33.0 Å². The van der Waals surface area contributed by atoms with Crippen LogP contribution in [0.2, 0.25) is 0 Å². The molecule has 0 saturated carbocycles. The summed E-state index contributed by atoms with van der Waals surface area (Å²) in [4.78, 5) is 21.0. The molecule has 0 fully saturated rings. The van der Waals surface area contributed by atoms with Gasteiger partial charge in [-0.15, -0.1) is 0 Å². The Morgan fingerprint density at radius 1 is 0.277 bits per heavy atom. The van der Waals surface area contributed by atoms with E-state index in [9.17, 15) is 0 Å². The molecule has 3 aromatic heterocycles. The summed E-state index contributed by atoms with van der Waals surface area (Å²) in [5, 5.41) is 2.16. The van der Waals surface area contributed by atoms with E-state index in [1.807, 2.05) is 54.6 Å². The van der Waals surface area contributed by atoms with Gasteiger partial charge in [0.1, 0.15) is 5.65 Å². The lowest BCUT2D eigenvalue weighted by atomic mass is 9.94. The van der Waals surface area contributed by atoms with E-state index in [0.717, 1.165) is 111 Å². The van der Waals surface area contributed by atoms with Gasteiger partial charge in [-0.2, -0.15) is 0 Å². The van der Waals surface area contributed by atoms with Gasteiger partial charge in [-0.25, -0.2) is 19.9 Å². The zero-order valence-electron chi connectivity index (χ0n) is 35.3. The molecule has 5 nitrogen and oxygen atoms in total. The van der Waals surface area contributed by atoms with Crippen molar-refractivity contribution in [3.05, 3.63) is 237 Å². The molecule has 0 radical (unpaired) electrons. The van der Waals surface area contributed by atoms with Crippen LogP contribution in [0.15, 0.2) is 237 Å². The summed E-state index contributed by atoms with van der Waals surface area (Å²) in [6.07, 6.45) is 0. The Morgan fingerprint density at radius 3 is 1.25 bits per heavy atom. The van der Waals surface area contributed by atoms with E-state index in [1.54, 1.807) is 0 Å². The summed E-state index contributed by atoms with van der Waals surface area (Å²) < 4.78 is 2.26. The van der Waals surface area contributed by atoms with E-state index in [1.165, 1.54) is 0 Å². The molecule has 65 heavy (non-hydrogen) atoms. The molecule has 0 atom stereocenters. The molecule has 0 saturated heterocycles. The van der Waals surface area contributed by atoms with Gasteiger partial charge in [0.2, 0.25) is 0 Å². The van der Waals surface area contributed by atoms with Crippen LogP contribution in [0.1, 0.15) is 0 Å². The first-order valence-corrected chi connectivity index (χ1v) is 21.9. The number of aromatic nitrogens is 5. The summed E-state index contributed by atoms with van der Waals surface area (Å²) in [5.41, 5.74) is 18.2. The largest absolute Gasteiger partial charge is 0.294 e. The Balaban J connectivity index is 0.921. The molecule has 0 N–H and O–H groups in total. The van der Waals surface area contributed by atoms with Crippen molar-refractivity contribution in [1.82, 2.24) is 24.5 Å². The summed E-state index contributed by atoms with van der Waals surface area (Å²) in [5.74, 6) is 0.676. The fourth-order valence-electron chi connectivity index (χ4n) is 9.06. The molecule has 12 aromatic rings. The number of hydrogen-bond donors (Lipinski definition) is 0. The van der Waals surface area contributed by atoms with Crippen molar-refractivity contribution in [3.63, 3.8) is 0 Å². The van der Waals surface area contributed by atoms with Gasteiger partial charge in [-0.3, -0.25) is 4.57 Å². The molecule has 9 aromatic carbocycles. The van der Waals surface area contributed by atoms with Crippen molar-refractivity contribution in [1.29, 1.82) is 0 Å². The zero-order valence-corrected chi connectivity index (χ0v) is 35.3. The van der Waals surface area contributed by atoms with Crippen molar-refractivity contribution in [2.45, 2.75) is 0 Å². The average molecular weight is 830 g/mol. The maximum absolute atomic E-state index is 5.39. The summed E-state index contributed by atoms with van der Waals surface area (Å²) in [6.45, 7) is 0. The van der Waals surface area contributed by atoms with Gasteiger partial charge in [-0.1, -0.05) is 182 Å². The second kappa shape index (κ2) is 16.2. The molecular weight excluding hydrogens is 791 g/mol. The van der Waals surface area contributed by atoms with Crippen molar-refractivity contribution in [3.8, 4) is 84.2 Å². The first-order chi connectivity index (χ1) is 32.2. The molecule has 0 aliphatic heterocycles. The minimum Gasteiger partial charge on any atom is -0.294 e. The third kappa shape index (κ3) is 7.02. The van der Waals surface area contributed by atoms with Gasteiger partial charge < -0.3 is 0 Å². The number of fused-ring (bicyclic) bond motifs is 4. The van der Waals surface area contributed by atoms with Gasteiger partial charge in [0, 0.05) is 33.3 Å². The minimum absolute atomic E-state index is 0.676. The van der Waals surface area contributed by atoms with Crippen LogP contribution in [0.25, 0.3) is 117 Å². The molecule has 304 valence electrons. The van der Waals surface area contributed by atoms with Crippen LogP contribution in [0.4, 0.5) is 0 Å². The first-order valence-electron chi connectivity index (χ1n) is 21.9. The molecule has 3 heterocycles. The van der Waals surface area contributed by atoms with Crippen LogP contribution in [0, 0.1) is 0 Å². The van der Waals surface area contributed by atoms with Gasteiger partial charge >= 0.3 is 0 Å². The van der Waals surface area contributed by atoms with Gasteiger partial charge in [-0.05, 0) is 88.0 Å². The van der Waals surface area contributed by atoms with E-state index >= 15 is 0 Å². The minimum atomic E-state index is 0.676. The van der Waals surface area contributed by atoms with Crippen molar-refractivity contribution in [2.24, 2.45) is 0 Å². The molecule has 0 spiro atoms. The third-order valence-electron chi connectivity index (χ3n) is 12.2. The smallest absolute Gasteiger partial charge is 0.162 e. The lowest BCUT2D eigenvalue weighted by molar-refractivity contribution is 1.11. The Kier molecular flexibility index (Phi) is 9.42. The highest BCUT2D eigenvalue weighted by Crippen LogP contribution is 2.39. The molecule has 5 heteroatoms. The molecular formula is C60H39N5. The lowest BCUT2D eigenvalue weighted by Gasteiger charge is -2.13. The van der Waals surface area contributed by atoms with E-state index in [0.29, 0.717) is 5.82 Å². The predicted molar refractivity (Wildman–Crippen MR) is 268 cm³/mol. The summed E-state index contributed by atoms with van der Waals surface area (Å²) >= 11 is 0. The standard InChI is InChI=1S/C60H39N5/c1-4-18-40(19-5-1)56-55-51-32-10-13-35-54(51)65(50-30-8-3-9-31-50)60(55)64-59(63-56)49-29-17-27-47(39-49)45-25-15-23-43(37-45)42-22-14-24-44(36-42)46-26-16-28-48(38-46)58-57(41-20-6-2-7-21-41)61-52-33-11-12-34-53(52)62-58/h1-39H. The van der Waals surface area contributed by atoms with Gasteiger partial charge in [0.05, 0.1) is 39.0 Å². The quantitative estimate of drug-likeness (QED) is 0.153. The Hall–Kier alpha value is -8.80. The fourth-order valence-corrected chi connectivity index (χ4v) is 9.06. The molecule has 12 rings (SSSR count). The molecule has 0 aliphatic carbocycles. The zero-order chi connectivity index (χ0) is 43.1. The topological polar surface area (TPSA) is 56.5 Å². The Morgan fingerprint density at radius 2 is 0.677 bits per heavy atom. The summed E-state index contributed by atoms with van der Waals surface area (Å²) in [6, 6.07) is 82.7. The number of nitrogens with zero attached hydrogens (tertiary/aromatic N) is 5. The monoisotopic (exact) mass is 829 g/mol. The third-order valence-corrected chi connectivity index (χ3v) is 12.2. The van der Waals surface area contributed by atoms with Gasteiger partial charge in [0.25, 0.3) is 0 Å². The van der Waals surface area contributed by atoms with Gasteiger partial charge in [0.15, 0.2) is 5.82 Å². The number of benzene rings is 9. The predicted octanol–water partition coefficient (Wildman–Crippen LogP) is 15.2. The molecule has 0 bridgehead atoms. The second-order valence-electron chi connectivity index (χ2n) is 16.2. The Labute approximate surface area is 376 Å². The number of rotatable bonds is 8. The SMILES string of the molecule is c1ccc(-c2nc3ccccc3nc2-c2cccc(-c3cccc(-c4cccc(-c5cccc(-c6nc(-c7ccccc7)c7c8ccccc8n(-c8ccccc8)c7n6)c5)c4)c3)c2)cc1. The molecule has 0 unspecified atom stereocenters. The maximum atomic E-state index is 5.39. The van der Waals surface area contributed by atoms with E-state index in [2.05, 4.69) is 187 Å². The highest BCUT2D eigenvalue weighted by Gasteiger charge is 2.21. The van der Waals surface area contributed by atoms with Crippen molar-refractivity contribution < 1.29 is 0 Å². The van der Waals surface area contributed by atoms with E-state index in [-0.39, 0.29) is 0 Å². The van der Waals surface area contributed by atoms with Crippen LogP contribution in [0.3, 0.4) is 0 Å². The number of para-hydroxylation sites is 4. The van der Waals surface area contributed by atoms with Crippen molar-refractivity contribution in [2.75, 3.05) is 0 Å². The van der Waals surface area contributed by atoms with Crippen LogP contribution in [-0.2, 0) is 0 Å². The van der Waals surface area contributed by atoms with E-state index < -0.39 is 0 Å². The average Bonchev–Trinajstić information content (AvgIpc) is 3.73. The second-order valence-corrected chi connectivity index (χ2v) is 16.2. The summed E-state index contributed by atoms with van der Waals surface area (Å²) in [7, 11) is 0. The van der Waals surface area contributed by atoms with Crippen LogP contribution in [-0.4, -0.2) is 24.5 Å². The maximum Gasteiger partial charge on any atom is 0.162 e. The lowest BCUT2D eigenvalue weighted by Crippen LogP contribution is -1.99. The van der Waals surface area contributed by atoms with Crippen LogP contribution < -0.4 is 0 Å².